The van der Waals surface area contributed by atoms with Gasteiger partial charge < -0.3 is 18.9 Å². The largest absolute Gasteiger partial charge is 0.491 e. The fraction of sp³-hybridized carbons (Fsp3) is 0.259. The topological polar surface area (TPSA) is 43.5 Å². The summed E-state index contributed by atoms with van der Waals surface area (Å²) < 4.78 is 22.2. The van der Waals surface area contributed by atoms with Crippen LogP contribution in [0.1, 0.15) is 11.1 Å². The van der Waals surface area contributed by atoms with Crippen molar-refractivity contribution in [3.8, 4) is 11.5 Å². The van der Waals surface area contributed by atoms with E-state index in [1.807, 2.05) is 12.1 Å². The van der Waals surface area contributed by atoms with Gasteiger partial charge in [-0.3, -0.25) is 0 Å². The molecule has 0 aliphatic carbocycles. The Morgan fingerprint density at radius 2 is 1.03 bits per heavy atom. The second-order valence-electron chi connectivity index (χ2n) is 8.40. The van der Waals surface area contributed by atoms with Crippen LogP contribution in [0.2, 0.25) is 0 Å². The second-order valence-corrected chi connectivity index (χ2v) is 8.40. The molecule has 2 aliphatic heterocycles. The molecule has 4 aromatic rings. The van der Waals surface area contributed by atoms with E-state index in [1.54, 1.807) is 0 Å². The molecular weight excluding hydrogens is 388 g/mol. The summed E-state index contributed by atoms with van der Waals surface area (Å²) in [7, 11) is 0. The van der Waals surface area contributed by atoms with Crippen molar-refractivity contribution in [1.82, 2.24) is 0 Å². The fourth-order valence-electron chi connectivity index (χ4n) is 3.89. The zero-order valence-electron chi connectivity index (χ0n) is 17.3. The number of rotatable bonds is 8. The maximum atomic E-state index is 5.85. The van der Waals surface area contributed by atoms with E-state index in [0.29, 0.717) is 13.2 Å². The summed E-state index contributed by atoms with van der Waals surface area (Å²) >= 11 is 0. The summed E-state index contributed by atoms with van der Waals surface area (Å²) in [6.45, 7) is 2.88. The van der Waals surface area contributed by atoms with E-state index in [-0.39, 0.29) is 12.2 Å². The van der Waals surface area contributed by atoms with Gasteiger partial charge in [-0.05, 0) is 63.4 Å². The van der Waals surface area contributed by atoms with Gasteiger partial charge >= 0.3 is 0 Å². The van der Waals surface area contributed by atoms with Gasteiger partial charge in [0.2, 0.25) is 0 Å². The van der Waals surface area contributed by atoms with Crippen molar-refractivity contribution in [2.45, 2.75) is 18.6 Å². The van der Waals surface area contributed by atoms with E-state index in [4.69, 9.17) is 18.9 Å². The van der Waals surface area contributed by atoms with Crippen LogP contribution < -0.4 is 9.47 Å². The Labute approximate surface area is 181 Å². The first-order valence-electron chi connectivity index (χ1n) is 10.8. The van der Waals surface area contributed by atoms with Gasteiger partial charge in [0.25, 0.3) is 0 Å². The molecule has 0 amide bonds. The van der Waals surface area contributed by atoms with Crippen molar-refractivity contribution < 1.29 is 18.9 Å². The van der Waals surface area contributed by atoms with Crippen molar-refractivity contribution in [3.63, 3.8) is 0 Å². The standard InChI is InChI=1S/C27H24O4/c1-3-20-5-7-24(28-14-26-16-30-26)12-22(20)10-18(1)9-19-2-4-21-6-8-25(13-23(21)11-19)29-15-27-17-31-27/h1-8,10-13,26-27H,9,14-17H2. The van der Waals surface area contributed by atoms with Crippen LogP contribution in [0.15, 0.2) is 72.8 Å². The molecule has 2 atom stereocenters. The minimum absolute atomic E-state index is 0.267. The minimum Gasteiger partial charge on any atom is -0.491 e. The molecule has 0 saturated carbocycles. The maximum Gasteiger partial charge on any atom is 0.120 e. The van der Waals surface area contributed by atoms with Crippen molar-refractivity contribution in [1.29, 1.82) is 0 Å². The van der Waals surface area contributed by atoms with Crippen molar-refractivity contribution in [2.24, 2.45) is 0 Å². The molecule has 2 heterocycles. The lowest BCUT2D eigenvalue weighted by atomic mass is 9.99. The Morgan fingerprint density at radius 3 is 1.48 bits per heavy atom. The van der Waals surface area contributed by atoms with E-state index in [1.165, 1.54) is 32.7 Å². The summed E-state index contributed by atoms with van der Waals surface area (Å²) in [6, 6.07) is 25.8. The van der Waals surface area contributed by atoms with E-state index < -0.39 is 0 Å². The fourth-order valence-corrected chi connectivity index (χ4v) is 3.89. The molecule has 0 spiro atoms. The van der Waals surface area contributed by atoms with Crippen molar-refractivity contribution in [2.75, 3.05) is 26.4 Å². The number of fused-ring (bicyclic) bond motifs is 2. The van der Waals surface area contributed by atoms with Crippen LogP contribution in [-0.4, -0.2) is 38.6 Å². The zero-order chi connectivity index (χ0) is 20.6. The van der Waals surface area contributed by atoms with Crippen LogP contribution in [0.25, 0.3) is 21.5 Å². The Bertz CT molecular complexity index is 1140. The minimum atomic E-state index is 0.267. The Kier molecular flexibility index (Phi) is 4.74. The molecule has 0 aromatic heterocycles. The highest BCUT2D eigenvalue weighted by molar-refractivity contribution is 5.86. The molecule has 156 valence electrons. The van der Waals surface area contributed by atoms with Crippen LogP contribution in [0, 0.1) is 0 Å². The molecule has 31 heavy (non-hydrogen) atoms. The average Bonchev–Trinajstić information content (AvgIpc) is 3.71. The van der Waals surface area contributed by atoms with Crippen molar-refractivity contribution >= 4 is 21.5 Å². The maximum absolute atomic E-state index is 5.85. The van der Waals surface area contributed by atoms with Gasteiger partial charge in [0, 0.05) is 0 Å². The Balaban J connectivity index is 1.21. The molecule has 6 rings (SSSR count). The molecule has 2 saturated heterocycles. The summed E-state index contributed by atoms with van der Waals surface area (Å²) in [5.41, 5.74) is 2.57. The number of benzene rings is 4. The molecule has 0 bridgehead atoms. The van der Waals surface area contributed by atoms with Gasteiger partial charge in [0.15, 0.2) is 0 Å². The van der Waals surface area contributed by atoms with E-state index >= 15 is 0 Å². The Morgan fingerprint density at radius 1 is 0.581 bits per heavy atom. The molecule has 2 fully saturated rings. The lowest BCUT2D eigenvalue weighted by molar-refractivity contribution is 0.263. The highest BCUT2D eigenvalue weighted by atomic mass is 16.6. The van der Waals surface area contributed by atoms with E-state index in [2.05, 4.69) is 60.7 Å². The average molecular weight is 412 g/mol. The number of hydrogen-bond acceptors (Lipinski definition) is 4. The third-order valence-electron chi connectivity index (χ3n) is 5.84. The first-order chi connectivity index (χ1) is 15.3. The third kappa shape index (κ3) is 4.50. The first-order valence-corrected chi connectivity index (χ1v) is 10.8. The van der Waals surface area contributed by atoms with Crippen LogP contribution in [0.4, 0.5) is 0 Å². The summed E-state index contributed by atoms with van der Waals surface area (Å²) in [5, 5.41) is 4.84. The van der Waals surface area contributed by atoms with E-state index in [9.17, 15) is 0 Å². The molecule has 2 unspecified atom stereocenters. The molecule has 0 radical (unpaired) electrons. The van der Waals surface area contributed by atoms with Crippen LogP contribution in [0.3, 0.4) is 0 Å². The van der Waals surface area contributed by atoms with Gasteiger partial charge in [0.1, 0.15) is 36.9 Å². The summed E-state index contributed by atoms with van der Waals surface area (Å²) in [4.78, 5) is 0. The lowest BCUT2D eigenvalue weighted by Gasteiger charge is -2.09. The van der Waals surface area contributed by atoms with Crippen LogP contribution in [0.5, 0.6) is 11.5 Å². The number of ether oxygens (including phenoxy) is 4. The molecule has 0 N–H and O–H groups in total. The molecule has 4 aromatic carbocycles. The van der Waals surface area contributed by atoms with E-state index in [0.717, 1.165) is 31.1 Å². The van der Waals surface area contributed by atoms with Crippen molar-refractivity contribution in [3.05, 3.63) is 83.9 Å². The number of hydrogen-bond donors (Lipinski definition) is 0. The van der Waals surface area contributed by atoms with Gasteiger partial charge in [-0.1, -0.05) is 48.5 Å². The van der Waals surface area contributed by atoms with Crippen LogP contribution >= 0.6 is 0 Å². The lowest BCUT2D eigenvalue weighted by Crippen LogP contribution is -2.03. The first kappa shape index (κ1) is 18.7. The monoisotopic (exact) mass is 412 g/mol. The van der Waals surface area contributed by atoms with Gasteiger partial charge in [-0.2, -0.15) is 0 Å². The number of epoxide rings is 2. The zero-order valence-corrected chi connectivity index (χ0v) is 17.3. The van der Waals surface area contributed by atoms with Gasteiger partial charge in [-0.25, -0.2) is 0 Å². The molecule has 4 nitrogen and oxygen atoms in total. The highest BCUT2D eigenvalue weighted by Crippen LogP contribution is 2.27. The molecular formula is C27H24O4. The normalized spacial score (nSPS) is 19.5. The second kappa shape index (κ2) is 7.88. The highest BCUT2D eigenvalue weighted by Gasteiger charge is 2.23. The molecule has 2 aliphatic rings. The quantitative estimate of drug-likeness (QED) is 0.376. The predicted octanol–water partition coefficient (Wildman–Crippen LogP) is 5.14. The Hall–Kier alpha value is -3.08. The summed E-state index contributed by atoms with van der Waals surface area (Å²) in [6.07, 6.45) is 1.42. The SMILES string of the molecule is c1cc2ccc(OCC3CO3)cc2cc1Cc1ccc2ccc(OCC3CO3)cc2c1. The van der Waals surface area contributed by atoms with Gasteiger partial charge in [-0.15, -0.1) is 0 Å². The third-order valence-corrected chi connectivity index (χ3v) is 5.84. The smallest absolute Gasteiger partial charge is 0.120 e. The molecule has 4 heteroatoms. The van der Waals surface area contributed by atoms with Gasteiger partial charge in [0.05, 0.1) is 13.2 Å². The van der Waals surface area contributed by atoms with Crippen LogP contribution in [-0.2, 0) is 15.9 Å². The predicted molar refractivity (Wildman–Crippen MR) is 121 cm³/mol. The summed E-state index contributed by atoms with van der Waals surface area (Å²) in [5.74, 6) is 1.80.